The maximum absolute atomic E-state index is 4.16. The van der Waals surface area contributed by atoms with Crippen LogP contribution in [0.15, 0.2) is 52.7 Å². The fourth-order valence-corrected chi connectivity index (χ4v) is 2.00. The predicted octanol–water partition coefficient (Wildman–Crippen LogP) is 6.13. The molecule has 1 aromatic heterocycles. The number of benzene rings is 1. The van der Waals surface area contributed by atoms with Gasteiger partial charge in [-0.25, -0.2) is 4.98 Å². The van der Waals surface area contributed by atoms with Gasteiger partial charge in [0.2, 0.25) is 0 Å². The van der Waals surface area contributed by atoms with Gasteiger partial charge in [-0.1, -0.05) is 71.2 Å². The Labute approximate surface area is 218 Å². The Balaban J connectivity index is -0.000000364. The lowest BCUT2D eigenvalue weighted by atomic mass is 9.79. The van der Waals surface area contributed by atoms with Crippen molar-refractivity contribution in [3.8, 4) is 0 Å². The first-order valence-electron chi connectivity index (χ1n) is 12.7. The molecule has 0 aliphatic carbocycles. The zero-order valence-electron chi connectivity index (χ0n) is 25.1. The summed E-state index contributed by atoms with van der Waals surface area (Å²) in [5, 5.41) is 0. The van der Waals surface area contributed by atoms with Gasteiger partial charge in [0.15, 0.2) is 0 Å². The Morgan fingerprint density at radius 1 is 1.09 bits per heavy atom. The van der Waals surface area contributed by atoms with Gasteiger partial charge < -0.3 is 14.4 Å². The van der Waals surface area contributed by atoms with Crippen LogP contribution in [0.25, 0.3) is 0 Å². The van der Waals surface area contributed by atoms with Crippen LogP contribution >= 0.6 is 0 Å². The zero-order chi connectivity index (χ0) is 27.6. The van der Waals surface area contributed by atoms with Crippen LogP contribution in [-0.4, -0.2) is 79.6 Å². The molecule has 0 saturated carbocycles. The number of amidine groups is 2. The minimum absolute atomic E-state index is 0.988. The summed E-state index contributed by atoms with van der Waals surface area (Å²) in [4.78, 5) is 16.2. The summed E-state index contributed by atoms with van der Waals surface area (Å²) in [7, 11) is 11.9. The Kier molecular flexibility index (Phi) is 27.5. The maximum atomic E-state index is 4.16. The lowest BCUT2D eigenvalue weighted by Gasteiger charge is -2.08. The first-order chi connectivity index (χ1) is 16.6. The molecule has 0 N–H and O–H groups in total. The fourth-order valence-electron chi connectivity index (χ4n) is 2.00. The summed E-state index contributed by atoms with van der Waals surface area (Å²) in [6.45, 7) is 18.4. The van der Waals surface area contributed by atoms with Crippen LogP contribution in [0.2, 0.25) is 13.1 Å². The molecular weight excluding hydrogens is 431 g/mol. The summed E-state index contributed by atoms with van der Waals surface area (Å²) in [5.74, 6) is 3.28. The van der Waals surface area contributed by atoms with E-state index in [1.807, 2.05) is 77.5 Å². The van der Waals surface area contributed by atoms with Crippen LogP contribution in [0.4, 0.5) is 0 Å². The van der Waals surface area contributed by atoms with Crippen LogP contribution < -0.4 is 0 Å². The van der Waals surface area contributed by atoms with E-state index in [2.05, 4.69) is 79.1 Å². The lowest BCUT2D eigenvalue weighted by molar-refractivity contribution is 0.553. The molecule has 1 radical (unpaired) electrons. The van der Waals surface area contributed by atoms with Crippen LogP contribution in [0.3, 0.4) is 0 Å². The minimum atomic E-state index is 0.988. The Morgan fingerprint density at radius 2 is 1.63 bits per heavy atom. The van der Waals surface area contributed by atoms with Gasteiger partial charge in [0.05, 0.1) is 18.2 Å². The van der Waals surface area contributed by atoms with Crippen molar-refractivity contribution in [3.05, 3.63) is 54.1 Å². The number of likely N-dealkylation sites (N-methyl/N-ethyl adjacent to an activating group) is 1. The maximum Gasteiger partial charge on any atom is 0.105 e. The van der Waals surface area contributed by atoms with Crippen molar-refractivity contribution in [2.24, 2.45) is 17.0 Å². The second-order valence-corrected chi connectivity index (χ2v) is 7.76. The Bertz CT molecular complexity index is 735. The van der Waals surface area contributed by atoms with E-state index in [1.54, 1.807) is 13.2 Å². The molecule has 1 aliphatic heterocycles. The number of aryl methyl sites for hydroxylation is 3. The van der Waals surface area contributed by atoms with Gasteiger partial charge in [0.1, 0.15) is 13.1 Å². The van der Waals surface area contributed by atoms with Gasteiger partial charge in [-0.05, 0) is 32.8 Å². The van der Waals surface area contributed by atoms with E-state index in [0.29, 0.717) is 0 Å². The molecule has 0 saturated heterocycles. The molecule has 6 nitrogen and oxygen atoms in total. The normalized spacial score (nSPS) is 11.3. The molecule has 1 aliphatic rings. The molecule has 7 heteroatoms. The molecule has 0 unspecified atom stereocenters. The summed E-state index contributed by atoms with van der Waals surface area (Å²) in [6.07, 6.45) is 6.05. The Hall–Kier alpha value is -2.57. The fraction of sp³-hybridized carbons (Fsp3) is 0.607. The van der Waals surface area contributed by atoms with Crippen LogP contribution in [0, 0.1) is 6.92 Å². The molecule has 199 valence electrons. The third-order valence-electron chi connectivity index (χ3n) is 5.02. The average molecular weight is 486 g/mol. The average Bonchev–Trinajstić information content (AvgIpc) is 3.46. The summed E-state index contributed by atoms with van der Waals surface area (Å²) >= 11 is 0. The summed E-state index contributed by atoms with van der Waals surface area (Å²) < 4.78 is 1.97. The Morgan fingerprint density at radius 3 is 1.77 bits per heavy atom. The molecule has 2 heterocycles. The molecule has 0 atom stereocenters. The molecule has 1 aromatic carbocycles. The molecule has 0 fully saturated rings. The van der Waals surface area contributed by atoms with E-state index in [1.165, 1.54) is 17.7 Å². The minimum Gasteiger partial charge on any atom is -0.367 e. The van der Waals surface area contributed by atoms with Crippen molar-refractivity contribution in [1.29, 1.82) is 0 Å². The standard InChI is InChI=1S/C8H10.C5H10N2.C5H8N2.C5H12N2.C3H8B.C2H6/c1-2-8-6-4-3-5-7-8;2*1-5-6-3-4-7(5)2;1-5(6-2)7(3)4;1-3-4-2;1-2/h3-7H,2H2,1H3;3-4H2,1-2H3;3-4H,1-2H3;1-4H3;3H2,1-2H3;1-2H3. The largest absolute Gasteiger partial charge is 0.367 e. The van der Waals surface area contributed by atoms with E-state index in [9.17, 15) is 0 Å². The van der Waals surface area contributed by atoms with Gasteiger partial charge in [-0.15, -0.1) is 0 Å². The molecule has 35 heavy (non-hydrogen) atoms. The highest BCUT2D eigenvalue weighted by Crippen LogP contribution is 1.97. The van der Waals surface area contributed by atoms with Gasteiger partial charge in [-0.2, -0.15) is 0 Å². The van der Waals surface area contributed by atoms with Crippen molar-refractivity contribution >= 4 is 19.0 Å². The van der Waals surface area contributed by atoms with E-state index in [4.69, 9.17) is 0 Å². The third-order valence-corrected chi connectivity index (χ3v) is 5.02. The predicted molar refractivity (Wildman–Crippen MR) is 161 cm³/mol. The second kappa shape index (κ2) is 26.0. The number of aromatic nitrogens is 2. The zero-order valence-corrected chi connectivity index (χ0v) is 25.1. The van der Waals surface area contributed by atoms with Gasteiger partial charge in [0, 0.05) is 54.2 Å². The summed E-state index contributed by atoms with van der Waals surface area (Å²) in [5.41, 5.74) is 1.41. The molecule has 0 bridgehead atoms. The molecule has 2 aromatic rings. The van der Waals surface area contributed by atoms with E-state index in [-0.39, 0.29) is 0 Å². The second-order valence-electron chi connectivity index (χ2n) is 7.76. The number of rotatable bonds is 2. The highest BCUT2D eigenvalue weighted by molar-refractivity contribution is 6.33. The number of nitrogens with zero attached hydrogens (tertiary/aromatic N) is 6. The first-order valence-corrected chi connectivity index (χ1v) is 12.7. The van der Waals surface area contributed by atoms with Gasteiger partial charge in [-0.3, -0.25) is 9.98 Å². The monoisotopic (exact) mass is 485 g/mol. The van der Waals surface area contributed by atoms with Gasteiger partial charge >= 0.3 is 0 Å². The van der Waals surface area contributed by atoms with Crippen molar-refractivity contribution < 1.29 is 0 Å². The number of aliphatic imine (C=N–C) groups is 2. The smallest absolute Gasteiger partial charge is 0.105 e. The van der Waals surface area contributed by atoms with Crippen LogP contribution in [-0.2, 0) is 13.5 Å². The number of imidazole rings is 1. The molecule has 0 amide bonds. The van der Waals surface area contributed by atoms with Crippen LogP contribution in [0.1, 0.15) is 52.9 Å². The molecule has 0 spiro atoms. The van der Waals surface area contributed by atoms with Crippen molar-refractivity contribution in [1.82, 2.24) is 19.4 Å². The topological polar surface area (TPSA) is 49.0 Å². The SMILES string of the molecule is CC.CC1=NCCN1C.CCc1ccccc1.CN=C(C)N(C)C.C[B]CC.Cc1nccn1C. The highest BCUT2D eigenvalue weighted by atomic mass is 15.2. The highest BCUT2D eigenvalue weighted by Gasteiger charge is 2.04. The lowest BCUT2D eigenvalue weighted by Crippen LogP contribution is -2.19. The number of hydrogen-bond acceptors (Lipinski definition) is 4. The van der Waals surface area contributed by atoms with Gasteiger partial charge in [0.25, 0.3) is 0 Å². The first kappa shape index (κ1) is 37.0. The summed E-state index contributed by atoms with van der Waals surface area (Å²) in [6, 6.07) is 10.5. The third kappa shape index (κ3) is 23.0. The van der Waals surface area contributed by atoms with E-state index >= 15 is 0 Å². The van der Waals surface area contributed by atoms with Crippen molar-refractivity contribution in [2.45, 2.75) is 68.0 Å². The van der Waals surface area contributed by atoms with Crippen molar-refractivity contribution in [3.63, 3.8) is 0 Å². The number of hydrogen-bond donors (Lipinski definition) is 0. The quantitative estimate of drug-likeness (QED) is 0.292. The van der Waals surface area contributed by atoms with E-state index in [0.717, 1.165) is 31.2 Å². The molecule has 3 rings (SSSR count). The van der Waals surface area contributed by atoms with Crippen LogP contribution in [0.5, 0.6) is 0 Å². The molecular formula is C28H54BN6. The van der Waals surface area contributed by atoms with E-state index < -0.39 is 0 Å². The van der Waals surface area contributed by atoms with Crippen molar-refractivity contribution in [2.75, 3.05) is 41.3 Å².